The van der Waals surface area contributed by atoms with Gasteiger partial charge in [-0.15, -0.1) is 0 Å². The SMILES string of the molecule is CC(C)NC(=O)[C@@H](C)N(Cc1ccc(Br)cc1)C(=O)Cc1ccccc1. The fourth-order valence-electron chi connectivity index (χ4n) is 2.65. The number of carbonyl (C=O) groups excluding carboxylic acids is 2. The van der Waals surface area contributed by atoms with Gasteiger partial charge in [0.05, 0.1) is 6.42 Å². The minimum Gasteiger partial charge on any atom is -0.352 e. The standard InChI is InChI=1S/C21H25BrN2O2/c1-15(2)23-21(26)16(3)24(14-18-9-11-19(22)12-10-18)20(25)13-17-7-5-4-6-8-17/h4-12,15-16H,13-14H2,1-3H3,(H,23,26)/t16-/m1/s1. The Morgan fingerprint density at radius 2 is 1.58 bits per heavy atom. The van der Waals surface area contributed by atoms with E-state index in [9.17, 15) is 9.59 Å². The fourth-order valence-corrected chi connectivity index (χ4v) is 2.91. The fraction of sp³-hybridized carbons (Fsp3) is 0.333. The first-order chi connectivity index (χ1) is 12.4. The molecular weight excluding hydrogens is 392 g/mol. The molecule has 0 aliphatic carbocycles. The summed E-state index contributed by atoms with van der Waals surface area (Å²) in [4.78, 5) is 27.1. The maximum Gasteiger partial charge on any atom is 0.242 e. The molecule has 0 aromatic heterocycles. The molecule has 0 saturated carbocycles. The summed E-state index contributed by atoms with van der Waals surface area (Å²) in [6.45, 7) is 6.00. The molecule has 1 atom stereocenters. The van der Waals surface area contributed by atoms with Crippen molar-refractivity contribution in [2.45, 2.75) is 45.8 Å². The molecule has 1 N–H and O–H groups in total. The molecule has 0 saturated heterocycles. The molecule has 2 amide bonds. The van der Waals surface area contributed by atoms with Gasteiger partial charge in [-0.3, -0.25) is 9.59 Å². The van der Waals surface area contributed by atoms with Gasteiger partial charge < -0.3 is 10.2 Å². The van der Waals surface area contributed by atoms with E-state index in [4.69, 9.17) is 0 Å². The molecule has 0 heterocycles. The molecule has 5 heteroatoms. The first-order valence-electron chi connectivity index (χ1n) is 8.75. The van der Waals surface area contributed by atoms with Gasteiger partial charge in [-0.05, 0) is 44.0 Å². The Bertz CT molecular complexity index is 729. The maximum atomic E-state index is 13.0. The van der Waals surface area contributed by atoms with E-state index < -0.39 is 6.04 Å². The van der Waals surface area contributed by atoms with E-state index in [0.29, 0.717) is 6.54 Å². The third-order valence-corrected chi connectivity index (χ3v) is 4.59. The molecule has 0 aliphatic heterocycles. The molecule has 2 aromatic carbocycles. The van der Waals surface area contributed by atoms with Crippen molar-refractivity contribution in [3.05, 3.63) is 70.2 Å². The van der Waals surface area contributed by atoms with Crippen LogP contribution in [0.5, 0.6) is 0 Å². The average molecular weight is 417 g/mol. The topological polar surface area (TPSA) is 49.4 Å². The number of halogens is 1. The van der Waals surface area contributed by atoms with E-state index >= 15 is 0 Å². The summed E-state index contributed by atoms with van der Waals surface area (Å²) < 4.78 is 0.981. The molecule has 0 bridgehead atoms. The lowest BCUT2D eigenvalue weighted by Gasteiger charge is -2.29. The quantitative estimate of drug-likeness (QED) is 0.742. The van der Waals surface area contributed by atoms with Crippen molar-refractivity contribution >= 4 is 27.7 Å². The lowest BCUT2D eigenvalue weighted by Crippen LogP contribution is -2.49. The van der Waals surface area contributed by atoms with Crippen LogP contribution in [0.15, 0.2) is 59.1 Å². The van der Waals surface area contributed by atoms with E-state index in [0.717, 1.165) is 15.6 Å². The number of nitrogens with one attached hydrogen (secondary N) is 1. The molecule has 0 spiro atoms. The van der Waals surface area contributed by atoms with Crippen LogP contribution in [-0.4, -0.2) is 28.8 Å². The number of amides is 2. The van der Waals surface area contributed by atoms with Crippen LogP contribution in [0, 0.1) is 0 Å². The lowest BCUT2D eigenvalue weighted by molar-refractivity contribution is -0.140. The van der Waals surface area contributed by atoms with Crippen molar-refractivity contribution in [2.75, 3.05) is 0 Å². The van der Waals surface area contributed by atoms with Crippen LogP contribution in [0.25, 0.3) is 0 Å². The third kappa shape index (κ3) is 5.99. The van der Waals surface area contributed by atoms with Gasteiger partial charge in [-0.25, -0.2) is 0 Å². The van der Waals surface area contributed by atoms with Gasteiger partial charge in [0.15, 0.2) is 0 Å². The van der Waals surface area contributed by atoms with Gasteiger partial charge in [0.2, 0.25) is 11.8 Å². The number of benzene rings is 2. The highest BCUT2D eigenvalue weighted by Gasteiger charge is 2.26. The Morgan fingerprint density at radius 1 is 0.962 bits per heavy atom. The molecule has 0 aliphatic rings. The normalized spacial score (nSPS) is 11.9. The van der Waals surface area contributed by atoms with E-state index in [1.807, 2.05) is 68.4 Å². The molecule has 138 valence electrons. The summed E-state index contributed by atoms with van der Waals surface area (Å²) in [5.74, 6) is -0.205. The van der Waals surface area contributed by atoms with Crippen LogP contribution in [0.3, 0.4) is 0 Å². The Balaban J connectivity index is 2.20. The molecule has 26 heavy (non-hydrogen) atoms. The van der Waals surface area contributed by atoms with E-state index in [1.165, 1.54) is 0 Å². The molecular formula is C21H25BrN2O2. The zero-order chi connectivity index (χ0) is 19.1. The molecule has 0 fully saturated rings. The largest absolute Gasteiger partial charge is 0.352 e. The minimum absolute atomic E-state index is 0.0312. The summed E-state index contributed by atoms with van der Waals surface area (Å²) in [7, 11) is 0. The maximum absolute atomic E-state index is 13.0. The van der Waals surface area contributed by atoms with Crippen LogP contribution < -0.4 is 5.32 Å². The monoisotopic (exact) mass is 416 g/mol. The summed E-state index contributed by atoms with van der Waals surface area (Å²) in [6.07, 6.45) is 0.274. The summed E-state index contributed by atoms with van der Waals surface area (Å²) in [5.41, 5.74) is 1.92. The molecule has 2 rings (SSSR count). The molecule has 4 nitrogen and oxygen atoms in total. The zero-order valence-electron chi connectivity index (χ0n) is 15.4. The third-order valence-electron chi connectivity index (χ3n) is 4.06. The van der Waals surface area contributed by atoms with Gasteiger partial charge in [-0.1, -0.05) is 58.4 Å². The number of nitrogens with zero attached hydrogens (tertiary/aromatic N) is 1. The second-order valence-electron chi connectivity index (χ2n) is 6.65. The second kappa shape index (κ2) is 9.53. The average Bonchev–Trinajstić information content (AvgIpc) is 2.60. The van der Waals surface area contributed by atoms with E-state index in [2.05, 4.69) is 21.2 Å². The number of hydrogen-bond acceptors (Lipinski definition) is 2. The smallest absolute Gasteiger partial charge is 0.242 e. The van der Waals surface area contributed by atoms with Crippen molar-refractivity contribution in [1.82, 2.24) is 10.2 Å². The lowest BCUT2D eigenvalue weighted by atomic mass is 10.1. The van der Waals surface area contributed by atoms with E-state index in [-0.39, 0.29) is 24.3 Å². The van der Waals surface area contributed by atoms with Gasteiger partial charge in [-0.2, -0.15) is 0 Å². The number of hydrogen-bond donors (Lipinski definition) is 1. The van der Waals surface area contributed by atoms with Gasteiger partial charge in [0, 0.05) is 17.1 Å². The summed E-state index contributed by atoms with van der Waals surface area (Å²) in [6, 6.07) is 16.9. The van der Waals surface area contributed by atoms with E-state index in [1.54, 1.807) is 11.8 Å². The van der Waals surface area contributed by atoms with Crippen molar-refractivity contribution in [2.24, 2.45) is 0 Å². The van der Waals surface area contributed by atoms with Crippen molar-refractivity contribution in [3.63, 3.8) is 0 Å². The van der Waals surface area contributed by atoms with Crippen molar-refractivity contribution in [3.8, 4) is 0 Å². The van der Waals surface area contributed by atoms with Gasteiger partial charge in [0.25, 0.3) is 0 Å². The number of carbonyl (C=O) groups is 2. The first kappa shape index (κ1) is 20.2. The van der Waals surface area contributed by atoms with Crippen LogP contribution in [0.2, 0.25) is 0 Å². The van der Waals surface area contributed by atoms with Crippen LogP contribution >= 0.6 is 15.9 Å². The Morgan fingerprint density at radius 3 is 2.15 bits per heavy atom. The van der Waals surface area contributed by atoms with Gasteiger partial charge >= 0.3 is 0 Å². The van der Waals surface area contributed by atoms with Crippen molar-refractivity contribution < 1.29 is 9.59 Å². The van der Waals surface area contributed by atoms with Crippen LogP contribution in [-0.2, 0) is 22.6 Å². The van der Waals surface area contributed by atoms with Crippen LogP contribution in [0.4, 0.5) is 0 Å². The second-order valence-corrected chi connectivity index (χ2v) is 7.57. The summed E-state index contributed by atoms with van der Waals surface area (Å²) >= 11 is 3.42. The minimum atomic E-state index is -0.544. The Labute approximate surface area is 163 Å². The van der Waals surface area contributed by atoms with Crippen molar-refractivity contribution in [1.29, 1.82) is 0 Å². The van der Waals surface area contributed by atoms with Crippen LogP contribution in [0.1, 0.15) is 31.9 Å². The highest BCUT2D eigenvalue weighted by atomic mass is 79.9. The number of rotatable bonds is 7. The summed E-state index contributed by atoms with van der Waals surface area (Å²) in [5, 5.41) is 2.90. The first-order valence-corrected chi connectivity index (χ1v) is 9.54. The molecule has 0 unspecified atom stereocenters. The Hall–Kier alpha value is -2.14. The highest BCUT2D eigenvalue weighted by molar-refractivity contribution is 9.10. The predicted octanol–water partition coefficient (Wildman–Crippen LogP) is 3.93. The predicted molar refractivity (Wildman–Crippen MR) is 108 cm³/mol. The molecule has 2 aromatic rings. The zero-order valence-corrected chi connectivity index (χ0v) is 17.0. The van der Waals surface area contributed by atoms with Gasteiger partial charge in [0.1, 0.15) is 6.04 Å². The molecule has 0 radical (unpaired) electrons. The Kier molecular flexibility index (Phi) is 7.39. The highest BCUT2D eigenvalue weighted by Crippen LogP contribution is 2.15.